The van der Waals surface area contributed by atoms with Crippen LogP contribution in [0.15, 0.2) is 53.4 Å². The molecule has 2 aromatic carbocycles. The summed E-state index contributed by atoms with van der Waals surface area (Å²) >= 11 is 12.6. The highest BCUT2D eigenvalue weighted by atomic mass is 35.5. The van der Waals surface area contributed by atoms with Crippen LogP contribution in [0.4, 0.5) is 0 Å². The Balaban J connectivity index is 1.84. The molecule has 2 aromatic rings. The summed E-state index contributed by atoms with van der Waals surface area (Å²) in [5, 5.41) is 6.55. The van der Waals surface area contributed by atoms with Gasteiger partial charge in [0.2, 0.25) is 0 Å². The summed E-state index contributed by atoms with van der Waals surface area (Å²) in [5.74, 6) is -0.258. The van der Waals surface area contributed by atoms with E-state index >= 15 is 0 Å². The molecular formula is C16H15ClN2OS2. The Morgan fingerprint density at radius 3 is 2.36 bits per heavy atom. The van der Waals surface area contributed by atoms with Crippen molar-refractivity contribution in [2.45, 2.75) is 11.4 Å². The number of amides is 1. The molecule has 0 bridgehead atoms. The van der Waals surface area contributed by atoms with E-state index in [0.29, 0.717) is 22.2 Å². The van der Waals surface area contributed by atoms with E-state index in [4.69, 9.17) is 23.8 Å². The molecular weight excluding hydrogens is 336 g/mol. The van der Waals surface area contributed by atoms with Crippen LogP contribution in [-0.4, -0.2) is 17.3 Å². The molecule has 22 heavy (non-hydrogen) atoms. The minimum atomic E-state index is -0.258. The standard InChI is InChI=1S/C16H15ClN2OS2/c1-22-14-8-2-11(3-9-14)10-18-16(21)19-15(20)12-4-6-13(17)7-5-12/h2-9H,10H2,1H3,(H2,18,19,20,21). The van der Waals surface area contributed by atoms with Crippen molar-refractivity contribution in [1.82, 2.24) is 10.6 Å². The predicted molar refractivity (Wildman–Crippen MR) is 96.6 cm³/mol. The molecule has 0 atom stereocenters. The molecule has 0 heterocycles. The highest BCUT2D eigenvalue weighted by Crippen LogP contribution is 2.14. The van der Waals surface area contributed by atoms with E-state index in [0.717, 1.165) is 5.56 Å². The molecule has 2 N–H and O–H groups in total. The van der Waals surface area contributed by atoms with Crippen LogP contribution in [-0.2, 0) is 6.54 Å². The third kappa shape index (κ3) is 5.02. The van der Waals surface area contributed by atoms with Gasteiger partial charge in [0.15, 0.2) is 5.11 Å². The van der Waals surface area contributed by atoms with Crippen LogP contribution in [0.5, 0.6) is 0 Å². The Bertz CT molecular complexity index is 657. The molecule has 2 rings (SSSR count). The second-order valence-electron chi connectivity index (χ2n) is 4.49. The molecule has 0 aromatic heterocycles. The molecule has 0 fully saturated rings. The van der Waals surface area contributed by atoms with Crippen LogP contribution < -0.4 is 10.6 Å². The zero-order chi connectivity index (χ0) is 15.9. The lowest BCUT2D eigenvalue weighted by atomic mass is 10.2. The van der Waals surface area contributed by atoms with Crippen LogP contribution in [0, 0.1) is 0 Å². The Labute approximate surface area is 144 Å². The maximum atomic E-state index is 12.0. The van der Waals surface area contributed by atoms with Crippen molar-refractivity contribution >= 4 is 46.6 Å². The summed E-state index contributed by atoms with van der Waals surface area (Å²) in [7, 11) is 0. The lowest BCUT2D eigenvalue weighted by Crippen LogP contribution is -2.38. The summed E-state index contributed by atoms with van der Waals surface area (Å²) in [6.45, 7) is 0.564. The molecule has 6 heteroatoms. The van der Waals surface area contributed by atoms with Gasteiger partial charge in [-0.1, -0.05) is 23.7 Å². The van der Waals surface area contributed by atoms with Gasteiger partial charge in [-0.3, -0.25) is 10.1 Å². The number of carbonyl (C=O) groups is 1. The maximum absolute atomic E-state index is 12.0. The molecule has 0 aliphatic carbocycles. The van der Waals surface area contributed by atoms with Gasteiger partial charge in [0.25, 0.3) is 5.91 Å². The van der Waals surface area contributed by atoms with Crippen LogP contribution in [0.3, 0.4) is 0 Å². The third-order valence-electron chi connectivity index (χ3n) is 2.95. The largest absolute Gasteiger partial charge is 0.358 e. The van der Waals surface area contributed by atoms with Gasteiger partial charge in [-0.25, -0.2) is 0 Å². The van der Waals surface area contributed by atoms with E-state index in [9.17, 15) is 4.79 Å². The summed E-state index contributed by atoms with van der Waals surface area (Å²) < 4.78 is 0. The number of thioether (sulfide) groups is 1. The highest BCUT2D eigenvalue weighted by Gasteiger charge is 2.07. The molecule has 0 spiro atoms. The molecule has 114 valence electrons. The van der Waals surface area contributed by atoms with Crippen molar-refractivity contribution in [2.75, 3.05) is 6.26 Å². The maximum Gasteiger partial charge on any atom is 0.257 e. The summed E-state index contributed by atoms with van der Waals surface area (Å²) in [4.78, 5) is 13.2. The summed E-state index contributed by atoms with van der Waals surface area (Å²) in [6, 6.07) is 14.8. The van der Waals surface area contributed by atoms with Gasteiger partial charge in [0, 0.05) is 22.0 Å². The minimum absolute atomic E-state index is 0.258. The molecule has 0 aliphatic heterocycles. The molecule has 0 saturated carbocycles. The number of halogens is 1. The summed E-state index contributed by atoms with van der Waals surface area (Å²) in [6.07, 6.45) is 2.04. The van der Waals surface area contributed by atoms with E-state index in [2.05, 4.69) is 22.8 Å². The molecule has 0 radical (unpaired) electrons. The van der Waals surface area contributed by atoms with Crippen molar-refractivity contribution in [1.29, 1.82) is 0 Å². The van der Waals surface area contributed by atoms with E-state index in [1.165, 1.54) is 4.90 Å². The second kappa shape index (κ2) is 8.17. The SMILES string of the molecule is CSc1ccc(CNC(=S)NC(=O)c2ccc(Cl)cc2)cc1. The van der Waals surface area contributed by atoms with Crippen LogP contribution in [0.2, 0.25) is 5.02 Å². The molecule has 0 aliphatic rings. The fourth-order valence-electron chi connectivity index (χ4n) is 1.75. The normalized spacial score (nSPS) is 10.1. The van der Waals surface area contributed by atoms with Crippen molar-refractivity contribution < 1.29 is 4.79 Å². The molecule has 3 nitrogen and oxygen atoms in total. The van der Waals surface area contributed by atoms with Crippen molar-refractivity contribution in [3.63, 3.8) is 0 Å². The Kier molecular flexibility index (Phi) is 6.24. The number of rotatable bonds is 4. The van der Waals surface area contributed by atoms with E-state index < -0.39 is 0 Å². The zero-order valence-electron chi connectivity index (χ0n) is 11.9. The monoisotopic (exact) mass is 350 g/mol. The molecule has 0 saturated heterocycles. The Hall–Kier alpha value is -1.56. The van der Waals surface area contributed by atoms with Crippen molar-refractivity contribution in [2.24, 2.45) is 0 Å². The lowest BCUT2D eigenvalue weighted by Gasteiger charge is -2.10. The number of nitrogens with one attached hydrogen (secondary N) is 2. The number of hydrogen-bond donors (Lipinski definition) is 2. The highest BCUT2D eigenvalue weighted by molar-refractivity contribution is 7.98. The lowest BCUT2D eigenvalue weighted by molar-refractivity contribution is 0.0976. The molecule has 1 amide bonds. The number of thiocarbonyl (C=S) groups is 1. The van der Waals surface area contributed by atoms with Crippen LogP contribution in [0.25, 0.3) is 0 Å². The first-order valence-corrected chi connectivity index (χ1v) is 8.57. The van der Waals surface area contributed by atoms with Gasteiger partial charge >= 0.3 is 0 Å². The van der Waals surface area contributed by atoms with E-state index in [-0.39, 0.29) is 5.91 Å². The van der Waals surface area contributed by atoms with Crippen LogP contribution in [0.1, 0.15) is 15.9 Å². The second-order valence-corrected chi connectivity index (χ2v) is 6.22. The Morgan fingerprint density at radius 2 is 1.77 bits per heavy atom. The average molecular weight is 351 g/mol. The first kappa shape index (κ1) is 16.8. The fourth-order valence-corrected chi connectivity index (χ4v) is 2.45. The van der Waals surface area contributed by atoms with Crippen LogP contribution >= 0.6 is 35.6 Å². The number of hydrogen-bond acceptors (Lipinski definition) is 3. The topological polar surface area (TPSA) is 41.1 Å². The first-order chi connectivity index (χ1) is 10.6. The van der Waals surface area contributed by atoms with Crippen molar-refractivity contribution in [3.8, 4) is 0 Å². The third-order valence-corrected chi connectivity index (χ3v) is 4.19. The van der Waals surface area contributed by atoms with E-state index in [1.807, 2.05) is 18.4 Å². The average Bonchev–Trinajstić information content (AvgIpc) is 2.54. The smallest absolute Gasteiger partial charge is 0.257 e. The zero-order valence-corrected chi connectivity index (χ0v) is 14.3. The number of carbonyl (C=O) groups excluding carboxylic acids is 1. The minimum Gasteiger partial charge on any atom is -0.358 e. The quantitative estimate of drug-likeness (QED) is 0.649. The predicted octanol–water partition coefficient (Wildman–Crippen LogP) is 3.87. The summed E-state index contributed by atoms with van der Waals surface area (Å²) in [5.41, 5.74) is 1.61. The fraction of sp³-hybridized carbons (Fsp3) is 0.125. The molecule has 0 unspecified atom stereocenters. The number of benzene rings is 2. The van der Waals surface area contributed by atoms with Gasteiger partial charge < -0.3 is 5.32 Å². The van der Waals surface area contributed by atoms with Gasteiger partial charge in [-0.2, -0.15) is 0 Å². The van der Waals surface area contributed by atoms with E-state index in [1.54, 1.807) is 36.0 Å². The van der Waals surface area contributed by atoms with Gasteiger partial charge in [0.1, 0.15) is 0 Å². The van der Waals surface area contributed by atoms with Gasteiger partial charge in [0.05, 0.1) is 0 Å². The van der Waals surface area contributed by atoms with Crippen molar-refractivity contribution in [3.05, 3.63) is 64.7 Å². The first-order valence-electron chi connectivity index (χ1n) is 6.56. The van der Waals surface area contributed by atoms with Gasteiger partial charge in [-0.05, 0) is 60.4 Å². The Morgan fingerprint density at radius 1 is 1.14 bits per heavy atom. The van der Waals surface area contributed by atoms with Gasteiger partial charge in [-0.15, -0.1) is 11.8 Å².